The van der Waals surface area contributed by atoms with E-state index in [0.29, 0.717) is 37.7 Å². The molecule has 212 valence electrons. The fourth-order valence-corrected chi connectivity index (χ4v) is 6.57. The molecule has 0 aliphatic carbocycles. The normalized spacial score (nSPS) is 18.0. The summed E-state index contributed by atoms with van der Waals surface area (Å²) in [6.07, 6.45) is 1.75. The molecule has 9 nitrogen and oxygen atoms in total. The minimum atomic E-state index is -0.786. The van der Waals surface area contributed by atoms with Crippen molar-refractivity contribution in [2.24, 2.45) is 4.99 Å². The first-order valence-electron chi connectivity index (χ1n) is 13.7. The predicted octanol–water partition coefficient (Wildman–Crippen LogP) is 3.30. The molecule has 0 saturated carbocycles. The number of rotatable bonds is 6. The van der Waals surface area contributed by atoms with Crippen LogP contribution in [-0.4, -0.2) is 62.4 Å². The third-order valence-corrected chi connectivity index (χ3v) is 8.62. The van der Waals surface area contributed by atoms with Crippen LogP contribution >= 0.6 is 11.3 Å². The zero-order chi connectivity index (χ0) is 28.7. The second-order valence-electron chi connectivity index (χ2n) is 10.2. The van der Waals surface area contributed by atoms with Crippen LogP contribution in [0.3, 0.4) is 0 Å². The summed E-state index contributed by atoms with van der Waals surface area (Å²) in [5.41, 5.74) is 1.27. The molecule has 0 bridgehead atoms. The number of piperazine rings is 1. The van der Waals surface area contributed by atoms with E-state index >= 15 is 0 Å². The van der Waals surface area contributed by atoms with Gasteiger partial charge in [-0.2, -0.15) is 0 Å². The van der Waals surface area contributed by atoms with Crippen LogP contribution in [0, 0.1) is 0 Å². The maximum absolute atomic E-state index is 14.1. The molecule has 0 radical (unpaired) electrons. The van der Waals surface area contributed by atoms with E-state index in [0.717, 1.165) is 42.8 Å². The molecular weight excluding hydrogens is 540 g/mol. The molecule has 2 aromatic carbocycles. The molecule has 4 aromatic rings. The van der Waals surface area contributed by atoms with Crippen LogP contribution in [0.1, 0.15) is 31.2 Å². The van der Waals surface area contributed by atoms with E-state index in [2.05, 4.69) is 16.8 Å². The molecule has 10 heteroatoms. The van der Waals surface area contributed by atoms with Gasteiger partial charge in [0.15, 0.2) is 10.7 Å². The van der Waals surface area contributed by atoms with Crippen LogP contribution < -0.4 is 24.5 Å². The first-order valence-corrected chi connectivity index (χ1v) is 14.5. The number of fused-ring (bicyclic) bond motifs is 2. The van der Waals surface area contributed by atoms with E-state index < -0.39 is 12.0 Å². The molecule has 1 fully saturated rings. The van der Waals surface area contributed by atoms with Crippen molar-refractivity contribution in [3.8, 4) is 5.75 Å². The zero-order valence-electron chi connectivity index (χ0n) is 23.5. The number of methoxy groups -OCH3 is 1. The highest BCUT2D eigenvalue weighted by Crippen LogP contribution is 2.40. The lowest BCUT2D eigenvalue weighted by molar-refractivity contribution is -0.139. The van der Waals surface area contributed by atoms with E-state index in [-0.39, 0.29) is 12.2 Å². The number of ether oxygens (including phenoxy) is 2. The standard InChI is InChI=1S/C31H32N4O5S/c1-5-39-30(37)26-19(2)32-31-35(28(26)27-22-9-7-6-8-20(22)10-12-23(27)38-4)29(36)24(41-31)18-21-11-13-25(40-21)34-16-14-33(3)15-17-34/h6-13,18,28H,5,14-17H2,1-4H3/b24-18+. The van der Waals surface area contributed by atoms with Gasteiger partial charge < -0.3 is 23.7 Å². The number of carbonyl (C=O) groups is 1. The van der Waals surface area contributed by atoms with E-state index in [1.54, 1.807) is 31.6 Å². The molecule has 2 aliphatic heterocycles. The van der Waals surface area contributed by atoms with Crippen molar-refractivity contribution < 1.29 is 18.7 Å². The molecule has 2 aliphatic rings. The molecule has 0 N–H and O–H groups in total. The van der Waals surface area contributed by atoms with Crippen molar-refractivity contribution in [3.05, 3.63) is 90.8 Å². The topological polar surface area (TPSA) is 89.5 Å². The number of likely N-dealkylation sites (N-methyl/N-ethyl adjacent to an activating group) is 1. The third-order valence-electron chi connectivity index (χ3n) is 7.64. The molecule has 2 aromatic heterocycles. The van der Waals surface area contributed by atoms with Gasteiger partial charge in [-0.1, -0.05) is 41.7 Å². The fraction of sp³-hybridized carbons (Fsp3) is 0.323. The second kappa shape index (κ2) is 11.0. The Bertz CT molecular complexity index is 1840. The molecule has 41 heavy (non-hydrogen) atoms. The minimum Gasteiger partial charge on any atom is -0.496 e. The third kappa shape index (κ3) is 4.87. The second-order valence-corrected chi connectivity index (χ2v) is 11.2. The number of esters is 1. The van der Waals surface area contributed by atoms with Crippen LogP contribution in [0.4, 0.5) is 5.88 Å². The Morgan fingerprint density at radius 1 is 1.12 bits per heavy atom. The summed E-state index contributed by atoms with van der Waals surface area (Å²) in [4.78, 5) is 37.2. The minimum absolute atomic E-state index is 0.202. The molecule has 1 unspecified atom stereocenters. The summed E-state index contributed by atoms with van der Waals surface area (Å²) in [6.45, 7) is 7.44. The molecule has 4 heterocycles. The van der Waals surface area contributed by atoms with Gasteiger partial charge in [-0.05, 0) is 43.8 Å². The van der Waals surface area contributed by atoms with Gasteiger partial charge in [0.2, 0.25) is 0 Å². The van der Waals surface area contributed by atoms with Crippen molar-refractivity contribution in [2.45, 2.75) is 19.9 Å². The summed E-state index contributed by atoms with van der Waals surface area (Å²) < 4.78 is 19.5. The molecule has 1 saturated heterocycles. The van der Waals surface area contributed by atoms with Gasteiger partial charge in [-0.25, -0.2) is 9.79 Å². The fourth-order valence-electron chi connectivity index (χ4n) is 5.55. The highest BCUT2D eigenvalue weighted by atomic mass is 32.1. The average molecular weight is 573 g/mol. The van der Waals surface area contributed by atoms with E-state index in [9.17, 15) is 9.59 Å². The van der Waals surface area contributed by atoms with E-state index in [1.807, 2.05) is 48.5 Å². The van der Waals surface area contributed by atoms with Crippen LogP contribution in [-0.2, 0) is 9.53 Å². The highest BCUT2D eigenvalue weighted by Gasteiger charge is 2.36. The number of thiazole rings is 1. The van der Waals surface area contributed by atoms with Gasteiger partial charge in [0, 0.05) is 43.9 Å². The van der Waals surface area contributed by atoms with E-state index in [4.69, 9.17) is 18.9 Å². The van der Waals surface area contributed by atoms with Crippen molar-refractivity contribution in [3.63, 3.8) is 0 Å². The molecule has 1 atom stereocenters. The number of furan rings is 1. The van der Waals surface area contributed by atoms with Gasteiger partial charge in [-0.15, -0.1) is 0 Å². The first kappa shape index (κ1) is 27.0. The SMILES string of the molecule is CCOC(=O)C1=C(C)N=c2s/c(=C/c3ccc(N4CCN(C)CC4)o3)c(=O)n2C1c1c(OC)ccc2ccccc12. The lowest BCUT2D eigenvalue weighted by Crippen LogP contribution is -2.44. The summed E-state index contributed by atoms with van der Waals surface area (Å²) >= 11 is 1.27. The van der Waals surface area contributed by atoms with Crippen LogP contribution in [0.2, 0.25) is 0 Å². The Labute approximate surface area is 241 Å². The van der Waals surface area contributed by atoms with Crippen LogP contribution in [0.25, 0.3) is 16.8 Å². The summed E-state index contributed by atoms with van der Waals surface area (Å²) in [7, 11) is 3.70. The molecular formula is C31H32N4O5S. The van der Waals surface area contributed by atoms with Gasteiger partial charge in [-0.3, -0.25) is 9.36 Å². The van der Waals surface area contributed by atoms with Gasteiger partial charge in [0.25, 0.3) is 5.56 Å². The Balaban J connectivity index is 1.52. The van der Waals surface area contributed by atoms with Crippen molar-refractivity contribution >= 4 is 40.0 Å². The maximum atomic E-state index is 14.1. The molecule has 0 spiro atoms. The number of hydrogen-bond donors (Lipinski definition) is 0. The zero-order valence-corrected chi connectivity index (χ0v) is 24.4. The maximum Gasteiger partial charge on any atom is 0.338 e. The average Bonchev–Trinajstić information content (AvgIpc) is 3.56. The van der Waals surface area contributed by atoms with Crippen molar-refractivity contribution in [1.82, 2.24) is 9.47 Å². The lowest BCUT2D eigenvalue weighted by Gasteiger charge is -2.32. The van der Waals surface area contributed by atoms with E-state index in [1.165, 1.54) is 11.3 Å². The monoisotopic (exact) mass is 572 g/mol. The number of anilines is 1. The highest BCUT2D eigenvalue weighted by molar-refractivity contribution is 7.07. The van der Waals surface area contributed by atoms with Crippen LogP contribution in [0.5, 0.6) is 5.75 Å². The Hall–Kier alpha value is -4.15. The Morgan fingerprint density at radius 2 is 1.90 bits per heavy atom. The smallest absolute Gasteiger partial charge is 0.338 e. The Morgan fingerprint density at radius 3 is 2.66 bits per heavy atom. The quantitative estimate of drug-likeness (QED) is 0.328. The number of allylic oxidation sites excluding steroid dienone is 1. The Kier molecular flexibility index (Phi) is 7.27. The largest absolute Gasteiger partial charge is 0.496 e. The van der Waals surface area contributed by atoms with Gasteiger partial charge in [0.1, 0.15) is 17.6 Å². The number of aromatic nitrogens is 1. The van der Waals surface area contributed by atoms with Crippen molar-refractivity contribution in [1.29, 1.82) is 0 Å². The summed E-state index contributed by atoms with van der Waals surface area (Å²) in [5, 5.41) is 1.85. The van der Waals surface area contributed by atoms with Crippen LogP contribution in [0.15, 0.2) is 74.0 Å². The van der Waals surface area contributed by atoms with Gasteiger partial charge in [0.05, 0.1) is 29.5 Å². The number of hydrogen-bond acceptors (Lipinski definition) is 9. The molecule has 0 amide bonds. The van der Waals surface area contributed by atoms with Gasteiger partial charge >= 0.3 is 5.97 Å². The predicted molar refractivity (Wildman–Crippen MR) is 159 cm³/mol. The summed E-state index contributed by atoms with van der Waals surface area (Å²) in [6, 6.07) is 14.7. The number of benzene rings is 2. The summed E-state index contributed by atoms with van der Waals surface area (Å²) in [5.74, 6) is 1.44. The number of nitrogens with zero attached hydrogens (tertiary/aromatic N) is 4. The van der Waals surface area contributed by atoms with Crippen molar-refractivity contribution in [2.75, 3.05) is 51.8 Å². The first-order chi connectivity index (χ1) is 19.9. The number of carbonyl (C=O) groups excluding carboxylic acids is 1. The molecule has 6 rings (SSSR count). The lowest BCUT2D eigenvalue weighted by atomic mass is 9.90.